The summed E-state index contributed by atoms with van der Waals surface area (Å²) in [6, 6.07) is 3.04. The van der Waals surface area contributed by atoms with Gasteiger partial charge in [0.05, 0.1) is 6.54 Å². The van der Waals surface area contributed by atoms with E-state index in [0.717, 1.165) is 19.3 Å². The van der Waals surface area contributed by atoms with Crippen molar-refractivity contribution in [3.63, 3.8) is 0 Å². The van der Waals surface area contributed by atoms with Gasteiger partial charge in [0.15, 0.2) is 0 Å². The fourth-order valence-electron chi connectivity index (χ4n) is 2.81. The zero-order chi connectivity index (χ0) is 17.0. The lowest BCUT2D eigenvalue weighted by Crippen LogP contribution is -2.49. The first-order valence-corrected chi connectivity index (χ1v) is 7.71. The van der Waals surface area contributed by atoms with Crippen LogP contribution < -0.4 is 10.2 Å². The first-order chi connectivity index (χ1) is 10.9. The maximum Gasteiger partial charge on any atom is 0.352 e. The molecular weight excluding hydrogens is 302 g/mol. The SMILES string of the molecule is CC1CCCC(C)N1CC(=O)NCC(=O)On1c(O)ccc1O. The zero-order valence-corrected chi connectivity index (χ0v) is 13.4. The molecule has 23 heavy (non-hydrogen) atoms. The predicted octanol–water partition coefficient (Wildman–Crippen LogP) is 0.234. The van der Waals surface area contributed by atoms with Crippen LogP contribution in [0.2, 0.25) is 0 Å². The lowest BCUT2D eigenvalue weighted by Gasteiger charge is -2.38. The molecule has 2 unspecified atom stereocenters. The molecule has 1 amide bonds. The molecule has 1 aromatic heterocycles. The van der Waals surface area contributed by atoms with Crippen molar-refractivity contribution < 1.29 is 24.6 Å². The van der Waals surface area contributed by atoms with E-state index >= 15 is 0 Å². The lowest BCUT2D eigenvalue weighted by atomic mass is 9.97. The molecule has 0 spiro atoms. The molecule has 1 aromatic rings. The smallest absolute Gasteiger partial charge is 0.352 e. The van der Waals surface area contributed by atoms with Crippen LogP contribution in [0.4, 0.5) is 0 Å². The number of carbonyl (C=O) groups is 2. The summed E-state index contributed by atoms with van der Waals surface area (Å²) in [5, 5.41) is 21.2. The molecule has 1 aliphatic heterocycles. The number of amides is 1. The monoisotopic (exact) mass is 325 g/mol. The number of aromatic nitrogens is 1. The summed E-state index contributed by atoms with van der Waals surface area (Å²) in [7, 11) is 0. The number of nitrogens with zero attached hydrogens (tertiary/aromatic N) is 2. The number of hydrogen-bond acceptors (Lipinski definition) is 6. The van der Waals surface area contributed by atoms with Gasteiger partial charge in [0.1, 0.15) is 6.54 Å². The summed E-state index contributed by atoms with van der Waals surface area (Å²) < 4.78 is 0.587. The quantitative estimate of drug-likeness (QED) is 0.716. The summed E-state index contributed by atoms with van der Waals surface area (Å²) >= 11 is 0. The minimum atomic E-state index is -0.792. The summed E-state index contributed by atoms with van der Waals surface area (Å²) in [4.78, 5) is 30.5. The molecule has 2 atom stereocenters. The Morgan fingerprint density at radius 2 is 1.78 bits per heavy atom. The molecule has 0 saturated carbocycles. The maximum absolute atomic E-state index is 12.0. The van der Waals surface area contributed by atoms with Crippen molar-refractivity contribution in [2.75, 3.05) is 13.1 Å². The highest BCUT2D eigenvalue weighted by Crippen LogP contribution is 2.21. The Morgan fingerprint density at radius 1 is 1.22 bits per heavy atom. The van der Waals surface area contributed by atoms with E-state index in [1.54, 1.807) is 0 Å². The number of nitrogens with one attached hydrogen (secondary N) is 1. The number of hydrogen-bond donors (Lipinski definition) is 3. The van der Waals surface area contributed by atoms with Crippen LogP contribution in [0.1, 0.15) is 33.1 Å². The molecule has 3 N–H and O–H groups in total. The van der Waals surface area contributed by atoms with Crippen LogP contribution in [0, 0.1) is 0 Å². The highest BCUT2D eigenvalue weighted by molar-refractivity contribution is 5.83. The van der Waals surface area contributed by atoms with E-state index in [2.05, 4.69) is 24.1 Å². The van der Waals surface area contributed by atoms with E-state index in [1.165, 1.54) is 12.1 Å². The first kappa shape index (κ1) is 17.1. The molecule has 1 aliphatic rings. The average molecular weight is 325 g/mol. The van der Waals surface area contributed by atoms with Crippen LogP contribution in [0.25, 0.3) is 0 Å². The average Bonchev–Trinajstić information content (AvgIpc) is 2.81. The third-order valence-corrected chi connectivity index (χ3v) is 4.12. The van der Waals surface area contributed by atoms with Crippen molar-refractivity contribution >= 4 is 11.9 Å². The molecule has 0 aliphatic carbocycles. The van der Waals surface area contributed by atoms with Crippen LogP contribution in [0.15, 0.2) is 12.1 Å². The molecule has 1 fully saturated rings. The van der Waals surface area contributed by atoms with Gasteiger partial charge in [0, 0.05) is 24.2 Å². The Bertz CT molecular complexity index is 542. The standard InChI is InChI=1S/C15H23N3O5/c1-10-4-3-5-11(2)17(10)9-12(19)16-8-15(22)23-18-13(20)6-7-14(18)21/h6-7,10-11,20-21H,3-5,8-9H2,1-2H3,(H,16,19). The van der Waals surface area contributed by atoms with Gasteiger partial charge in [-0.15, -0.1) is 4.73 Å². The summed E-state index contributed by atoms with van der Waals surface area (Å²) in [6.45, 7) is 4.08. The predicted molar refractivity (Wildman–Crippen MR) is 81.8 cm³/mol. The molecule has 0 aromatic carbocycles. The van der Waals surface area contributed by atoms with Crippen molar-refractivity contribution in [3.8, 4) is 11.8 Å². The van der Waals surface area contributed by atoms with E-state index in [9.17, 15) is 19.8 Å². The van der Waals surface area contributed by atoms with Crippen molar-refractivity contribution in [3.05, 3.63) is 12.1 Å². The van der Waals surface area contributed by atoms with Crippen molar-refractivity contribution in [1.29, 1.82) is 0 Å². The summed E-state index contributed by atoms with van der Waals surface area (Å²) in [6.07, 6.45) is 3.29. The molecule has 2 rings (SSSR count). The topological polar surface area (TPSA) is 104 Å². The van der Waals surface area contributed by atoms with Gasteiger partial charge in [-0.05, 0) is 26.7 Å². The highest BCUT2D eigenvalue weighted by Gasteiger charge is 2.26. The van der Waals surface area contributed by atoms with E-state index < -0.39 is 17.7 Å². The fraction of sp³-hybridized carbons (Fsp3) is 0.600. The van der Waals surface area contributed by atoms with E-state index in [4.69, 9.17) is 4.84 Å². The van der Waals surface area contributed by atoms with E-state index in [1.807, 2.05) is 0 Å². The Kier molecular flexibility index (Phi) is 5.49. The second-order valence-electron chi connectivity index (χ2n) is 5.89. The normalized spacial score (nSPS) is 21.8. The van der Waals surface area contributed by atoms with Crippen LogP contribution in [0.3, 0.4) is 0 Å². The zero-order valence-electron chi connectivity index (χ0n) is 13.4. The largest absolute Gasteiger partial charge is 0.492 e. The van der Waals surface area contributed by atoms with Gasteiger partial charge >= 0.3 is 5.97 Å². The van der Waals surface area contributed by atoms with Crippen molar-refractivity contribution in [1.82, 2.24) is 14.9 Å². The van der Waals surface area contributed by atoms with E-state index in [-0.39, 0.29) is 19.0 Å². The molecule has 1 saturated heterocycles. The van der Waals surface area contributed by atoms with Gasteiger partial charge in [0.2, 0.25) is 17.7 Å². The van der Waals surface area contributed by atoms with Gasteiger partial charge in [-0.25, -0.2) is 4.79 Å². The van der Waals surface area contributed by atoms with Crippen molar-refractivity contribution in [2.24, 2.45) is 0 Å². The first-order valence-electron chi connectivity index (χ1n) is 7.71. The number of aromatic hydroxyl groups is 2. The molecule has 8 nitrogen and oxygen atoms in total. The van der Waals surface area contributed by atoms with Crippen LogP contribution in [-0.4, -0.2) is 56.9 Å². The second-order valence-corrected chi connectivity index (χ2v) is 5.89. The number of likely N-dealkylation sites (tertiary alicyclic amines) is 1. The number of carbonyl (C=O) groups excluding carboxylic acids is 2. The maximum atomic E-state index is 12.0. The lowest BCUT2D eigenvalue weighted by molar-refractivity contribution is -0.145. The van der Waals surface area contributed by atoms with Gasteiger partial charge in [-0.1, -0.05) is 6.42 Å². The van der Waals surface area contributed by atoms with Gasteiger partial charge < -0.3 is 20.4 Å². The van der Waals surface area contributed by atoms with Crippen LogP contribution in [0.5, 0.6) is 11.8 Å². The molecule has 0 radical (unpaired) electrons. The minimum absolute atomic E-state index is 0.232. The van der Waals surface area contributed by atoms with Gasteiger partial charge in [0.25, 0.3) is 0 Å². The third-order valence-electron chi connectivity index (χ3n) is 4.12. The third kappa shape index (κ3) is 4.38. The van der Waals surface area contributed by atoms with Gasteiger partial charge in [-0.2, -0.15) is 0 Å². The Balaban J connectivity index is 1.79. The fourth-order valence-corrected chi connectivity index (χ4v) is 2.81. The van der Waals surface area contributed by atoms with Gasteiger partial charge in [-0.3, -0.25) is 9.69 Å². The summed E-state index contributed by atoms with van der Waals surface area (Å²) in [5.74, 6) is -1.86. The van der Waals surface area contributed by atoms with Crippen LogP contribution in [-0.2, 0) is 9.59 Å². The Morgan fingerprint density at radius 3 is 2.35 bits per heavy atom. The molecule has 8 heteroatoms. The number of rotatable bonds is 5. The Labute approximate surface area is 134 Å². The Hall–Kier alpha value is -2.22. The minimum Gasteiger partial charge on any atom is -0.492 e. The molecule has 128 valence electrons. The van der Waals surface area contributed by atoms with E-state index in [0.29, 0.717) is 16.8 Å². The van der Waals surface area contributed by atoms with Crippen LogP contribution >= 0.6 is 0 Å². The molecule has 2 heterocycles. The second kappa shape index (κ2) is 7.36. The number of piperidine rings is 1. The summed E-state index contributed by atoms with van der Waals surface area (Å²) in [5.41, 5.74) is 0. The highest BCUT2D eigenvalue weighted by atomic mass is 16.7. The van der Waals surface area contributed by atoms with Crippen molar-refractivity contribution in [2.45, 2.75) is 45.2 Å². The molecule has 0 bridgehead atoms. The molecular formula is C15H23N3O5.